The topological polar surface area (TPSA) is 35.8 Å². The third-order valence-electron chi connectivity index (χ3n) is 3.65. The predicted molar refractivity (Wildman–Crippen MR) is 66.0 cm³/mol. The normalized spacial score (nSPS) is 28.6. The lowest BCUT2D eigenvalue weighted by atomic mass is 9.86. The Bertz CT molecular complexity index is 379. The van der Waals surface area contributed by atoms with Crippen LogP contribution in [0.2, 0.25) is 0 Å². The van der Waals surface area contributed by atoms with E-state index in [9.17, 15) is 5.26 Å². The zero-order valence-electron chi connectivity index (χ0n) is 9.74. The molecule has 1 aliphatic carbocycles. The van der Waals surface area contributed by atoms with Gasteiger partial charge in [-0.3, -0.25) is 0 Å². The molecule has 2 atom stereocenters. The van der Waals surface area contributed by atoms with Crippen molar-refractivity contribution in [1.82, 2.24) is 0 Å². The van der Waals surface area contributed by atoms with Crippen molar-refractivity contribution in [3.63, 3.8) is 0 Å². The van der Waals surface area contributed by atoms with E-state index in [1.807, 2.05) is 30.3 Å². The highest BCUT2D eigenvalue weighted by Gasteiger charge is 2.42. The maximum Gasteiger partial charge on any atom is 0.128 e. The largest absolute Gasteiger partial charge is 0.367 e. The Labute approximate surface area is 97.3 Å². The third-order valence-corrected chi connectivity index (χ3v) is 3.65. The van der Waals surface area contributed by atoms with E-state index in [1.165, 1.54) is 6.42 Å². The number of benzene rings is 1. The SMILES string of the molecule is CCC1CCCC1(C#N)Nc1ccccc1. The standard InChI is InChI=1S/C14H18N2/c1-2-12-7-6-10-14(12,11-15)16-13-8-4-3-5-9-13/h3-5,8-9,12,16H,2,6-7,10H2,1H3. The van der Waals surface area contributed by atoms with Gasteiger partial charge in [0.2, 0.25) is 0 Å². The smallest absolute Gasteiger partial charge is 0.128 e. The summed E-state index contributed by atoms with van der Waals surface area (Å²) in [5, 5.41) is 12.9. The average molecular weight is 214 g/mol. The van der Waals surface area contributed by atoms with Gasteiger partial charge in [-0.2, -0.15) is 5.26 Å². The molecule has 84 valence electrons. The second-order valence-electron chi connectivity index (χ2n) is 4.57. The molecule has 1 aliphatic rings. The van der Waals surface area contributed by atoms with Crippen LogP contribution in [0, 0.1) is 17.2 Å². The quantitative estimate of drug-likeness (QED) is 0.835. The number of para-hydroxylation sites is 1. The Kier molecular flexibility index (Phi) is 3.14. The number of hydrogen-bond donors (Lipinski definition) is 1. The molecule has 0 spiro atoms. The van der Waals surface area contributed by atoms with Gasteiger partial charge in [0.25, 0.3) is 0 Å². The highest BCUT2D eigenvalue weighted by atomic mass is 15.0. The van der Waals surface area contributed by atoms with Crippen molar-refractivity contribution >= 4 is 5.69 Å². The maximum absolute atomic E-state index is 9.47. The van der Waals surface area contributed by atoms with E-state index < -0.39 is 0 Å². The minimum absolute atomic E-state index is 0.337. The fourth-order valence-corrected chi connectivity index (χ4v) is 2.75. The van der Waals surface area contributed by atoms with Crippen molar-refractivity contribution in [2.75, 3.05) is 5.32 Å². The zero-order valence-corrected chi connectivity index (χ0v) is 9.74. The lowest BCUT2D eigenvalue weighted by molar-refractivity contribution is 0.414. The summed E-state index contributed by atoms with van der Waals surface area (Å²) in [6, 6.07) is 12.6. The van der Waals surface area contributed by atoms with Crippen molar-refractivity contribution in [3.8, 4) is 6.07 Å². The molecule has 16 heavy (non-hydrogen) atoms. The number of nitriles is 1. The fraction of sp³-hybridized carbons (Fsp3) is 0.500. The first kappa shape index (κ1) is 11.0. The van der Waals surface area contributed by atoms with Crippen LogP contribution in [-0.2, 0) is 0 Å². The Morgan fingerprint density at radius 3 is 2.81 bits per heavy atom. The van der Waals surface area contributed by atoms with Gasteiger partial charge in [-0.15, -0.1) is 0 Å². The van der Waals surface area contributed by atoms with Crippen LogP contribution >= 0.6 is 0 Å². The molecule has 1 aromatic rings. The van der Waals surface area contributed by atoms with Crippen LogP contribution in [0.15, 0.2) is 30.3 Å². The van der Waals surface area contributed by atoms with Crippen LogP contribution in [0.4, 0.5) is 5.69 Å². The van der Waals surface area contributed by atoms with Crippen molar-refractivity contribution in [2.45, 2.75) is 38.1 Å². The summed E-state index contributed by atoms with van der Waals surface area (Å²) >= 11 is 0. The molecular formula is C14H18N2. The van der Waals surface area contributed by atoms with E-state index in [0.717, 1.165) is 24.9 Å². The van der Waals surface area contributed by atoms with Gasteiger partial charge in [-0.05, 0) is 37.3 Å². The predicted octanol–water partition coefficient (Wildman–Crippen LogP) is 3.57. The molecule has 0 aromatic heterocycles. The maximum atomic E-state index is 9.47. The van der Waals surface area contributed by atoms with Gasteiger partial charge in [-0.25, -0.2) is 0 Å². The van der Waals surface area contributed by atoms with Crippen molar-refractivity contribution in [2.24, 2.45) is 5.92 Å². The summed E-state index contributed by atoms with van der Waals surface area (Å²) < 4.78 is 0. The van der Waals surface area contributed by atoms with Crippen LogP contribution in [0.1, 0.15) is 32.6 Å². The monoisotopic (exact) mass is 214 g/mol. The van der Waals surface area contributed by atoms with E-state index in [1.54, 1.807) is 0 Å². The minimum Gasteiger partial charge on any atom is -0.367 e. The molecule has 0 heterocycles. The fourth-order valence-electron chi connectivity index (χ4n) is 2.75. The first-order valence-corrected chi connectivity index (χ1v) is 6.05. The second-order valence-corrected chi connectivity index (χ2v) is 4.57. The van der Waals surface area contributed by atoms with E-state index in [2.05, 4.69) is 18.3 Å². The molecule has 2 heteroatoms. The number of nitrogens with zero attached hydrogens (tertiary/aromatic N) is 1. The number of rotatable bonds is 3. The highest BCUT2D eigenvalue weighted by molar-refractivity contribution is 5.48. The van der Waals surface area contributed by atoms with E-state index in [-0.39, 0.29) is 5.54 Å². The van der Waals surface area contributed by atoms with Gasteiger partial charge < -0.3 is 5.32 Å². The van der Waals surface area contributed by atoms with Crippen LogP contribution in [0.5, 0.6) is 0 Å². The van der Waals surface area contributed by atoms with Crippen molar-refractivity contribution in [3.05, 3.63) is 30.3 Å². The van der Waals surface area contributed by atoms with E-state index in [4.69, 9.17) is 0 Å². The molecule has 2 unspecified atom stereocenters. The van der Waals surface area contributed by atoms with Gasteiger partial charge >= 0.3 is 0 Å². The van der Waals surface area contributed by atoms with Crippen LogP contribution in [0.25, 0.3) is 0 Å². The molecule has 2 rings (SSSR count). The molecule has 1 fully saturated rings. The molecule has 1 saturated carbocycles. The average Bonchev–Trinajstić information content (AvgIpc) is 2.74. The lowest BCUT2D eigenvalue weighted by Gasteiger charge is -2.30. The van der Waals surface area contributed by atoms with Crippen molar-refractivity contribution in [1.29, 1.82) is 5.26 Å². The molecule has 2 nitrogen and oxygen atoms in total. The first-order valence-electron chi connectivity index (χ1n) is 6.05. The molecule has 1 N–H and O–H groups in total. The molecule has 1 aromatic carbocycles. The summed E-state index contributed by atoms with van der Waals surface area (Å²) in [7, 11) is 0. The van der Waals surface area contributed by atoms with Crippen LogP contribution < -0.4 is 5.32 Å². The minimum atomic E-state index is -0.337. The summed E-state index contributed by atoms with van der Waals surface area (Å²) in [6.07, 6.45) is 4.38. The zero-order chi connectivity index (χ0) is 11.4. The molecule has 0 amide bonds. The molecular weight excluding hydrogens is 196 g/mol. The van der Waals surface area contributed by atoms with Crippen LogP contribution in [0.3, 0.4) is 0 Å². The molecule has 0 aliphatic heterocycles. The Morgan fingerprint density at radius 1 is 1.44 bits per heavy atom. The van der Waals surface area contributed by atoms with Gasteiger partial charge in [0, 0.05) is 5.69 Å². The second kappa shape index (κ2) is 4.57. The van der Waals surface area contributed by atoms with Crippen LogP contribution in [-0.4, -0.2) is 5.54 Å². The lowest BCUT2D eigenvalue weighted by Crippen LogP contribution is -2.40. The molecule has 0 saturated heterocycles. The molecule has 0 bridgehead atoms. The van der Waals surface area contributed by atoms with E-state index >= 15 is 0 Å². The first-order chi connectivity index (χ1) is 7.80. The van der Waals surface area contributed by atoms with Gasteiger partial charge in [0.1, 0.15) is 5.54 Å². The number of nitrogens with one attached hydrogen (secondary N) is 1. The van der Waals surface area contributed by atoms with Gasteiger partial charge in [0.15, 0.2) is 0 Å². The van der Waals surface area contributed by atoms with Gasteiger partial charge in [-0.1, -0.05) is 31.5 Å². The summed E-state index contributed by atoms with van der Waals surface area (Å²) in [4.78, 5) is 0. The number of hydrogen-bond acceptors (Lipinski definition) is 2. The molecule has 0 radical (unpaired) electrons. The Hall–Kier alpha value is -1.49. The summed E-state index contributed by atoms with van der Waals surface area (Å²) in [5.41, 5.74) is 0.722. The highest BCUT2D eigenvalue weighted by Crippen LogP contribution is 2.39. The summed E-state index contributed by atoms with van der Waals surface area (Å²) in [5.74, 6) is 0.484. The van der Waals surface area contributed by atoms with E-state index in [0.29, 0.717) is 5.92 Å². The third kappa shape index (κ3) is 1.90. The van der Waals surface area contributed by atoms with Crippen molar-refractivity contribution < 1.29 is 0 Å². The number of anilines is 1. The van der Waals surface area contributed by atoms with Gasteiger partial charge in [0.05, 0.1) is 6.07 Å². The summed E-state index contributed by atoms with van der Waals surface area (Å²) in [6.45, 7) is 2.18. The Balaban J connectivity index is 2.20. The Morgan fingerprint density at radius 2 is 2.19 bits per heavy atom.